The van der Waals surface area contributed by atoms with Gasteiger partial charge >= 0.3 is 0 Å². The van der Waals surface area contributed by atoms with E-state index in [-0.39, 0.29) is 0 Å². The van der Waals surface area contributed by atoms with E-state index >= 15 is 0 Å². The first-order valence-corrected chi connectivity index (χ1v) is 4.84. The smallest absolute Gasteiger partial charge is 0.249 e. The second kappa shape index (κ2) is 5.94. The molecule has 0 aromatic heterocycles. The fourth-order valence-electron chi connectivity index (χ4n) is 0.943. The second-order valence-corrected chi connectivity index (χ2v) is 3.10. The van der Waals surface area contributed by atoms with Gasteiger partial charge in [0.25, 0.3) is 0 Å². The Kier molecular flexibility index (Phi) is 4.78. The van der Waals surface area contributed by atoms with Crippen molar-refractivity contribution < 1.29 is 4.74 Å². The molecule has 0 saturated heterocycles. The molecule has 1 rings (SSSR count). The highest BCUT2D eigenvalue weighted by Gasteiger charge is 2.08. The van der Waals surface area contributed by atoms with Crippen LogP contribution in [0.15, 0.2) is 9.98 Å². The highest BCUT2D eigenvalue weighted by Crippen LogP contribution is 2.03. The van der Waals surface area contributed by atoms with E-state index in [2.05, 4.69) is 22.2 Å². The minimum Gasteiger partial charge on any atom is -0.338 e. The summed E-state index contributed by atoms with van der Waals surface area (Å²) in [6.45, 7) is 2.83. The quantitative estimate of drug-likeness (QED) is 0.546. The number of ether oxygens (including phenoxy) is 1. The van der Waals surface area contributed by atoms with E-state index in [4.69, 9.17) is 16.3 Å². The van der Waals surface area contributed by atoms with Gasteiger partial charge in [-0.3, -0.25) is 0 Å². The standard InChI is InChI=1S/C8H14ClN3O/c1-2-3-4-5-13-8-11-6-10-7(9)12-8/h6,8H,2-5H2,1H3,(H,10,11,12)/t8-/m0/s1. The van der Waals surface area contributed by atoms with Crippen molar-refractivity contribution in [2.24, 2.45) is 9.98 Å². The van der Waals surface area contributed by atoms with Crippen LogP contribution in [0, 0.1) is 0 Å². The van der Waals surface area contributed by atoms with E-state index < -0.39 is 6.35 Å². The van der Waals surface area contributed by atoms with Crippen LogP contribution in [0.3, 0.4) is 0 Å². The molecule has 1 atom stereocenters. The van der Waals surface area contributed by atoms with Crippen molar-refractivity contribution in [3.8, 4) is 0 Å². The number of amidine groups is 1. The lowest BCUT2D eigenvalue weighted by molar-refractivity contribution is 0.0626. The molecule has 0 bridgehead atoms. The zero-order valence-corrected chi connectivity index (χ0v) is 8.42. The minimum atomic E-state index is -0.453. The fraction of sp³-hybridized carbons (Fsp3) is 0.750. The average Bonchev–Trinajstić information content (AvgIpc) is 2.13. The average molecular weight is 204 g/mol. The minimum absolute atomic E-state index is 0.329. The van der Waals surface area contributed by atoms with Gasteiger partial charge in [0.05, 0.1) is 12.9 Å². The number of hydrogen-bond donors (Lipinski definition) is 1. The molecule has 0 spiro atoms. The number of nitrogens with one attached hydrogen (secondary N) is 1. The fourth-order valence-corrected chi connectivity index (χ4v) is 1.08. The summed E-state index contributed by atoms with van der Waals surface area (Å²) in [6, 6.07) is 0. The normalized spacial score (nSPS) is 21.1. The number of nitrogens with zero attached hydrogens (tertiary/aromatic N) is 2. The van der Waals surface area contributed by atoms with Gasteiger partial charge in [0.2, 0.25) is 11.6 Å². The Balaban J connectivity index is 2.14. The molecule has 0 aliphatic carbocycles. The van der Waals surface area contributed by atoms with Gasteiger partial charge < -0.3 is 10.1 Å². The first-order valence-electron chi connectivity index (χ1n) is 4.46. The van der Waals surface area contributed by atoms with E-state index in [9.17, 15) is 0 Å². The lowest BCUT2D eigenvalue weighted by atomic mass is 10.3. The van der Waals surface area contributed by atoms with Crippen LogP contribution in [0.25, 0.3) is 0 Å². The van der Waals surface area contributed by atoms with Crippen molar-refractivity contribution in [1.29, 1.82) is 0 Å². The van der Waals surface area contributed by atoms with Crippen LogP contribution in [0.4, 0.5) is 0 Å². The molecule has 1 N–H and O–H groups in total. The molecule has 0 saturated carbocycles. The number of hydrogen-bond acceptors (Lipinski definition) is 4. The molecule has 4 nitrogen and oxygen atoms in total. The van der Waals surface area contributed by atoms with E-state index in [1.54, 1.807) is 0 Å². The molecular weight excluding hydrogens is 190 g/mol. The van der Waals surface area contributed by atoms with Crippen LogP contribution in [-0.2, 0) is 4.74 Å². The summed E-state index contributed by atoms with van der Waals surface area (Å²) in [7, 11) is 0. The Hall–Kier alpha value is -0.610. The Morgan fingerprint density at radius 3 is 3.15 bits per heavy atom. The third kappa shape index (κ3) is 4.24. The van der Waals surface area contributed by atoms with Crippen LogP contribution in [0.1, 0.15) is 26.2 Å². The van der Waals surface area contributed by atoms with E-state index in [1.165, 1.54) is 19.2 Å². The molecule has 0 aromatic carbocycles. The molecule has 5 heteroatoms. The maximum Gasteiger partial charge on any atom is 0.249 e. The first kappa shape index (κ1) is 10.5. The molecule has 1 aliphatic rings. The van der Waals surface area contributed by atoms with Crippen molar-refractivity contribution in [2.45, 2.75) is 32.5 Å². The Morgan fingerprint density at radius 1 is 1.62 bits per heavy atom. The summed E-state index contributed by atoms with van der Waals surface area (Å²) in [4.78, 5) is 7.88. The first-order chi connectivity index (χ1) is 6.33. The maximum atomic E-state index is 5.62. The van der Waals surface area contributed by atoms with Crippen LogP contribution in [-0.4, -0.2) is 24.6 Å². The largest absolute Gasteiger partial charge is 0.338 e. The van der Waals surface area contributed by atoms with Crippen molar-refractivity contribution >= 4 is 23.2 Å². The molecule has 1 aliphatic heterocycles. The highest BCUT2D eigenvalue weighted by molar-refractivity contribution is 6.65. The summed E-state index contributed by atoms with van der Waals surface area (Å²) in [6.07, 6.45) is 4.45. The number of rotatable bonds is 5. The zero-order valence-electron chi connectivity index (χ0n) is 7.66. The topological polar surface area (TPSA) is 46.0 Å². The zero-order chi connectivity index (χ0) is 9.52. The van der Waals surface area contributed by atoms with Gasteiger partial charge in [-0.05, 0) is 18.0 Å². The van der Waals surface area contributed by atoms with Crippen molar-refractivity contribution in [1.82, 2.24) is 5.32 Å². The Morgan fingerprint density at radius 2 is 2.46 bits per heavy atom. The lowest BCUT2D eigenvalue weighted by Crippen LogP contribution is -2.25. The van der Waals surface area contributed by atoms with Gasteiger partial charge in [-0.2, -0.15) is 0 Å². The third-order valence-corrected chi connectivity index (χ3v) is 1.83. The molecular formula is C8H14ClN3O. The highest BCUT2D eigenvalue weighted by atomic mass is 35.5. The van der Waals surface area contributed by atoms with Crippen LogP contribution in [0.2, 0.25) is 0 Å². The van der Waals surface area contributed by atoms with Gasteiger partial charge in [-0.25, -0.2) is 9.98 Å². The van der Waals surface area contributed by atoms with Gasteiger partial charge in [-0.1, -0.05) is 19.8 Å². The van der Waals surface area contributed by atoms with Gasteiger partial charge in [0.15, 0.2) is 0 Å². The van der Waals surface area contributed by atoms with E-state index in [0.717, 1.165) is 6.42 Å². The molecule has 0 fully saturated rings. The van der Waals surface area contributed by atoms with E-state index in [1.807, 2.05) is 0 Å². The lowest BCUT2D eigenvalue weighted by Gasteiger charge is -2.12. The van der Waals surface area contributed by atoms with E-state index in [0.29, 0.717) is 11.9 Å². The number of unbranched alkanes of at least 4 members (excludes halogenated alkanes) is 2. The van der Waals surface area contributed by atoms with Crippen molar-refractivity contribution in [3.63, 3.8) is 0 Å². The molecule has 0 aromatic rings. The number of halogens is 1. The SMILES string of the molecule is CCCCCO[C@H]1N=CNC(Cl)=N1. The van der Waals surface area contributed by atoms with Gasteiger partial charge in [0.1, 0.15) is 0 Å². The van der Waals surface area contributed by atoms with Gasteiger partial charge in [-0.15, -0.1) is 0 Å². The summed E-state index contributed by atoms with van der Waals surface area (Å²) >= 11 is 5.62. The second-order valence-electron chi connectivity index (χ2n) is 2.75. The summed E-state index contributed by atoms with van der Waals surface area (Å²) in [5.74, 6) is 0. The monoisotopic (exact) mass is 203 g/mol. The molecule has 13 heavy (non-hydrogen) atoms. The molecule has 0 radical (unpaired) electrons. The molecule has 74 valence electrons. The van der Waals surface area contributed by atoms with Crippen LogP contribution >= 0.6 is 11.6 Å². The van der Waals surface area contributed by atoms with Crippen molar-refractivity contribution in [2.75, 3.05) is 6.61 Å². The van der Waals surface area contributed by atoms with Crippen molar-refractivity contribution in [3.05, 3.63) is 0 Å². The van der Waals surface area contributed by atoms with Crippen LogP contribution in [0.5, 0.6) is 0 Å². The Bertz CT molecular complexity index is 206. The predicted octanol–water partition coefficient (Wildman–Crippen LogP) is 1.70. The van der Waals surface area contributed by atoms with Crippen LogP contribution < -0.4 is 5.32 Å². The Labute approximate surface area is 83.0 Å². The van der Waals surface area contributed by atoms with Gasteiger partial charge in [0, 0.05) is 0 Å². The predicted molar refractivity (Wildman–Crippen MR) is 54.2 cm³/mol. The summed E-state index contributed by atoms with van der Waals surface area (Å²) in [5, 5.41) is 2.99. The molecule has 1 heterocycles. The maximum absolute atomic E-state index is 5.62. The summed E-state index contributed by atoms with van der Waals surface area (Å²) in [5.41, 5.74) is 0. The third-order valence-electron chi connectivity index (χ3n) is 1.62. The molecule has 0 amide bonds. The number of aliphatic imine (C=N–C) groups is 2. The molecule has 0 unspecified atom stereocenters. The summed E-state index contributed by atoms with van der Waals surface area (Å²) < 4.78 is 5.35.